The molecule has 1 atom stereocenters. The smallest absolute Gasteiger partial charge is 0.338 e. The number of thiophene rings is 1. The lowest BCUT2D eigenvalue weighted by Gasteiger charge is -2.26. The summed E-state index contributed by atoms with van der Waals surface area (Å²) in [5, 5.41) is 1.91. The number of rotatable bonds is 8. The number of carbonyl (C=O) groups is 2. The van der Waals surface area contributed by atoms with Crippen LogP contribution in [0.2, 0.25) is 0 Å². The molecule has 4 heterocycles. The molecule has 0 unspecified atom stereocenters. The second-order valence-electron chi connectivity index (χ2n) is 9.01. The first-order chi connectivity index (χ1) is 19.4. The molecule has 210 valence electrons. The van der Waals surface area contributed by atoms with Crippen LogP contribution in [-0.2, 0) is 19.1 Å². The van der Waals surface area contributed by atoms with Crippen LogP contribution in [0.25, 0.3) is 6.08 Å². The fourth-order valence-electron chi connectivity index (χ4n) is 4.60. The van der Waals surface area contributed by atoms with Crippen LogP contribution in [0, 0.1) is 0 Å². The summed E-state index contributed by atoms with van der Waals surface area (Å²) in [4.78, 5) is 46.8. The Morgan fingerprint density at radius 3 is 2.70 bits per heavy atom. The van der Waals surface area contributed by atoms with E-state index >= 15 is 0 Å². The minimum atomic E-state index is -0.619. The van der Waals surface area contributed by atoms with Gasteiger partial charge in [-0.3, -0.25) is 14.2 Å². The third-order valence-electron chi connectivity index (χ3n) is 6.53. The maximum Gasteiger partial charge on any atom is 0.338 e. The molecule has 2 aliphatic rings. The van der Waals surface area contributed by atoms with Crippen LogP contribution >= 0.6 is 22.7 Å². The average Bonchev–Trinajstić information content (AvgIpc) is 3.60. The summed E-state index contributed by atoms with van der Waals surface area (Å²) in [5.41, 5.74) is 1.34. The maximum absolute atomic E-state index is 13.7. The van der Waals surface area contributed by atoms with Gasteiger partial charge in [0, 0.05) is 18.0 Å². The Morgan fingerprint density at radius 1 is 1.20 bits per heavy atom. The predicted octanol–water partition coefficient (Wildman–Crippen LogP) is 2.11. The minimum Gasteiger partial charge on any atom is -0.493 e. The number of hydrogen-bond acceptors (Lipinski definition) is 10. The lowest BCUT2D eigenvalue weighted by Crippen LogP contribution is -2.43. The van der Waals surface area contributed by atoms with Crippen LogP contribution in [0.5, 0.6) is 11.5 Å². The molecule has 2 aliphatic heterocycles. The van der Waals surface area contributed by atoms with Gasteiger partial charge in [-0.1, -0.05) is 23.5 Å². The van der Waals surface area contributed by atoms with Crippen LogP contribution in [0.15, 0.2) is 56.8 Å². The van der Waals surface area contributed by atoms with Crippen LogP contribution < -0.4 is 24.4 Å². The standard InChI is InChI=1S/C28H29N3O7S2/c1-4-37-27(34)24-17(2)29-28-31(25(24)21-6-5-13-39-21)26(33)22(40-28)15-18-7-8-19(20(14-18)35-3)38-16-23(32)30-9-11-36-12-10-30/h5-8,13-15,25H,4,9-12,16H2,1-3H3/b22-15+/t25-/m1/s1. The third-order valence-corrected chi connectivity index (χ3v) is 8.44. The Labute approximate surface area is 238 Å². The van der Waals surface area contributed by atoms with Crippen LogP contribution in [0.1, 0.15) is 30.3 Å². The number of allylic oxidation sites excluding steroid dienone is 1. The van der Waals surface area contributed by atoms with Crippen LogP contribution in [-0.4, -0.2) is 68.0 Å². The SMILES string of the molecule is CCOC(=O)C1=C(C)N=c2s/c(=C/c3ccc(OCC(=O)N4CCOCC4)c(OC)c3)c(=O)n2[C@@H]1c1cccs1. The van der Waals surface area contributed by atoms with Crippen LogP contribution in [0.3, 0.4) is 0 Å². The molecule has 10 nitrogen and oxygen atoms in total. The van der Waals surface area contributed by atoms with Gasteiger partial charge < -0.3 is 23.8 Å². The van der Waals surface area contributed by atoms with Crippen molar-refractivity contribution in [3.05, 3.63) is 77.1 Å². The summed E-state index contributed by atoms with van der Waals surface area (Å²) < 4.78 is 23.9. The summed E-state index contributed by atoms with van der Waals surface area (Å²) in [7, 11) is 1.52. The van der Waals surface area contributed by atoms with Crippen molar-refractivity contribution >= 4 is 40.6 Å². The molecule has 0 saturated carbocycles. The second-order valence-corrected chi connectivity index (χ2v) is 11.0. The normalized spacial score (nSPS) is 17.3. The molecule has 0 spiro atoms. The van der Waals surface area contributed by atoms with Crippen molar-refractivity contribution < 1.29 is 28.5 Å². The molecule has 0 N–H and O–H groups in total. The molecule has 1 amide bonds. The summed E-state index contributed by atoms with van der Waals surface area (Å²) >= 11 is 2.72. The first-order valence-electron chi connectivity index (χ1n) is 12.8. The van der Waals surface area contributed by atoms with Gasteiger partial charge in [-0.05, 0) is 49.1 Å². The predicted molar refractivity (Wildman–Crippen MR) is 151 cm³/mol. The van der Waals surface area contributed by atoms with E-state index in [1.54, 1.807) is 47.6 Å². The molecule has 0 radical (unpaired) electrons. The summed E-state index contributed by atoms with van der Waals surface area (Å²) in [6.45, 7) is 5.75. The maximum atomic E-state index is 13.7. The second kappa shape index (κ2) is 12.2. The number of morpholine rings is 1. The van der Waals surface area contributed by atoms with Crippen molar-refractivity contribution in [3.8, 4) is 11.5 Å². The van der Waals surface area contributed by atoms with E-state index in [2.05, 4.69) is 4.99 Å². The highest BCUT2D eigenvalue weighted by Gasteiger charge is 2.33. The van der Waals surface area contributed by atoms with Gasteiger partial charge in [-0.15, -0.1) is 11.3 Å². The Hall–Kier alpha value is -3.74. The zero-order valence-corrected chi connectivity index (χ0v) is 24.0. The molecule has 1 saturated heterocycles. The van der Waals surface area contributed by atoms with Crippen molar-refractivity contribution in [1.29, 1.82) is 0 Å². The number of amides is 1. The van der Waals surface area contributed by atoms with E-state index in [4.69, 9.17) is 18.9 Å². The largest absolute Gasteiger partial charge is 0.493 e. The Morgan fingerprint density at radius 2 is 2.00 bits per heavy atom. The van der Waals surface area contributed by atoms with Crippen molar-refractivity contribution in [2.75, 3.05) is 46.6 Å². The van der Waals surface area contributed by atoms with Gasteiger partial charge in [0.15, 0.2) is 22.9 Å². The number of esters is 1. The number of fused-ring (bicyclic) bond motifs is 1. The molecule has 1 aromatic carbocycles. The topological polar surface area (TPSA) is 109 Å². The van der Waals surface area contributed by atoms with Gasteiger partial charge in [0.05, 0.1) is 42.7 Å². The number of carbonyl (C=O) groups excluding carboxylic acids is 2. The zero-order valence-electron chi connectivity index (χ0n) is 22.4. The highest BCUT2D eigenvalue weighted by atomic mass is 32.1. The van der Waals surface area contributed by atoms with E-state index in [1.807, 2.05) is 17.5 Å². The lowest BCUT2D eigenvalue weighted by atomic mass is 10.0. The fraction of sp³-hybridized carbons (Fsp3) is 0.357. The van der Waals surface area contributed by atoms with E-state index in [0.29, 0.717) is 64.0 Å². The van der Waals surface area contributed by atoms with Crippen LogP contribution in [0.4, 0.5) is 0 Å². The number of ether oxygens (including phenoxy) is 4. The molecular weight excluding hydrogens is 554 g/mol. The summed E-state index contributed by atoms with van der Waals surface area (Å²) in [6, 6.07) is 8.43. The molecular formula is C28H29N3O7S2. The minimum absolute atomic E-state index is 0.112. The zero-order chi connectivity index (χ0) is 28.2. The molecule has 0 aliphatic carbocycles. The molecule has 1 fully saturated rings. The van der Waals surface area contributed by atoms with Crippen molar-refractivity contribution in [2.45, 2.75) is 19.9 Å². The molecule has 12 heteroatoms. The molecule has 3 aromatic rings. The first kappa shape index (κ1) is 27.8. The third kappa shape index (κ3) is 5.60. The van der Waals surface area contributed by atoms with Gasteiger partial charge in [0.2, 0.25) is 0 Å². The van der Waals surface area contributed by atoms with Crippen molar-refractivity contribution in [1.82, 2.24) is 9.47 Å². The van der Waals surface area contributed by atoms with E-state index in [-0.39, 0.29) is 24.7 Å². The summed E-state index contributed by atoms with van der Waals surface area (Å²) in [5.74, 6) is 0.264. The lowest BCUT2D eigenvalue weighted by molar-refractivity contribution is -0.139. The Balaban J connectivity index is 1.46. The Bertz CT molecular complexity index is 1620. The number of aromatic nitrogens is 1. The number of thiazole rings is 1. The van der Waals surface area contributed by atoms with Gasteiger partial charge in [-0.2, -0.15) is 0 Å². The van der Waals surface area contributed by atoms with E-state index < -0.39 is 12.0 Å². The number of hydrogen-bond donors (Lipinski definition) is 0. The monoisotopic (exact) mass is 583 g/mol. The highest BCUT2D eigenvalue weighted by molar-refractivity contribution is 7.10. The number of methoxy groups -OCH3 is 1. The molecule has 40 heavy (non-hydrogen) atoms. The van der Waals surface area contributed by atoms with Gasteiger partial charge in [0.1, 0.15) is 6.04 Å². The first-order valence-corrected chi connectivity index (χ1v) is 14.5. The Kier molecular flexibility index (Phi) is 8.48. The highest BCUT2D eigenvalue weighted by Crippen LogP contribution is 2.33. The van der Waals surface area contributed by atoms with E-state index in [9.17, 15) is 14.4 Å². The summed E-state index contributed by atoms with van der Waals surface area (Å²) in [6.07, 6.45) is 1.75. The number of nitrogens with zero attached hydrogens (tertiary/aromatic N) is 3. The van der Waals surface area contributed by atoms with Crippen molar-refractivity contribution in [2.24, 2.45) is 4.99 Å². The molecule has 5 rings (SSSR count). The van der Waals surface area contributed by atoms with Gasteiger partial charge in [0.25, 0.3) is 11.5 Å². The quantitative estimate of drug-likeness (QED) is 0.374. The van der Waals surface area contributed by atoms with E-state index in [0.717, 1.165) is 4.88 Å². The van der Waals surface area contributed by atoms with Gasteiger partial charge in [-0.25, -0.2) is 9.79 Å². The molecule has 2 aromatic heterocycles. The molecule has 0 bridgehead atoms. The van der Waals surface area contributed by atoms with E-state index in [1.165, 1.54) is 29.8 Å². The number of benzene rings is 1. The van der Waals surface area contributed by atoms with Gasteiger partial charge >= 0.3 is 5.97 Å². The average molecular weight is 584 g/mol. The fourth-order valence-corrected chi connectivity index (χ4v) is 6.47. The van der Waals surface area contributed by atoms with Crippen molar-refractivity contribution in [3.63, 3.8) is 0 Å².